The van der Waals surface area contributed by atoms with Crippen LogP contribution >= 0.6 is 0 Å². The third kappa shape index (κ3) is 3.18. The van der Waals surface area contributed by atoms with Crippen molar-refractivity contribution >= 4 is 11.9 Å². The van der Waals surface area contributed by atoms with Crippen molar-refractivity contribution in [1.82, 2.24) is 4.90 Å². The Morgan fingerprint density at radius 3 is 2.75 bits per heavy atom. The van der Waals surface area contributed by atoms with Gasteiger partial charge in [-0.25, -0.2) is 4.79 Å². The fourth-order valence-electron chi connectivity index (χ4n) is 2.74. The van der Waals surface area contributed by atoms with Gasteiger partial charge >= 0.3 is 5.97 Å². The topological polar surface area (TPSA) is 57.6 Å². The van der Waals surface area contributed by atoms with E-state index in [4.69, 9.17) is 0 Å². The molecule has 1 aromatic carbocycles. The number of nitrogens with zero attached hydrogens (tertiary/aromatic N) is 1. The van der Waals surface area contributed by atoms with E-state index in [2.05, 4.69) is 0 Å². The third-order valence-electron chi connectivity index (χ3n) is 3.95. The zero-order chi connectivity index (χ0) is 14.7. The Labute approximate surface area is 119 Å². The van der Waals surface area contributed by atoms with E-state index in [9.17, 15) is 14.7 Å². The van der Waals surface area contributed by atoms with Gasteiger partial charge in [0, 0.05) is 6.54 Å². The highest BCUT2D eigenvalue weighted by Crippen LogP contribution is 2.20. The Bertz CT molecular complexity index is 524. The minimum atomic E-state index is -0.890. The molecule has 0 aliphatic carbocycles. The molecule has 4 heteroatoms. The third-order valence-corrected chi connectivity index (χ3v) is 3.95. The Morgan fingerprint density at radius 2 is 2.05 bits per heavy atom. The number of likely N-dealkylation sites (tertiary alicyclic amines) is 1. The van der Waals surface area contributed by atoms with E-state index < -0.39 is 12.0 Å². The van der Waals surface area contributed by atoms with Crippen LogP contribution in [0.1, 0.15) is 36.0 Å². The van der Waals surface area contributed by atoms with Crippen molar-refractivity contribution in [3.63, 3.8) is 0 Å². The Hall–Kier alpha value is -1.84. The number of carboxylic acid groups (broad SMARTS) is 1. The molecule has 1 aliphatic rings. The van der Waals surface area contributed by atoms with Gasteiger partial charge in [0.15, 0.2) is 0 Å². The summed E-state index contributed by atoms with van der Waals surface area (Å²) >= 11 is 0. The molecule has 0 unspecified atom stereocenters. The Morgan fingerprint density at radius 1 is 1.30 bits per heavy atom. The molecule has 1 aliphatic heterocycles. The van der Waals surface area contributed by atoms with Gasteiger partial charge in [0.05, 0.1) is 6.42 Å². The van der Waals surface area contributed by atoms with Gasteiger partial charge in [-0.05, 0) is 44.2 Å². The number of hydrogen-bond donors (Lipinski definition) is 1. The normalized spacial score (nSPS) is 18.9. The molecular formula is C16H21NO3. The van der Waals surface area contributed by atoms with Gasteiger partial charge in [-0.2, -0.15) is 0 Å². The van der Waals surface area contributed by atoms with E-state index in [1.54, 1.807) is 0 Å². The van der Waals surface area contributed by atoms with Crippen molar-refractivity contribution < 1.29 is 14.7 Å². The van der Waals surface area contributed by atoms with Gasteiger partial charge in [-0.15, -0.1) is 0 Å². The van der Waals surface area contributed by atoms with E-state index in [1.165, 1.54) is 4.90 Å². The largest absolute Gasteiger partial charge is 0.480 e. The molecule has 108 valence electrons. The molecule has 1 N–H and O–H groups in total. The first-order valence-corrected chi connectivity index (χ1v) is 7.07. The molecule has 0 radical (unpaired) electrons. The zero-order valence-corrected chi connectivity index (χ0v) is 12.1. The standard InChI is InChI=1S/C16H21NO3/c1-11-6-7-12(2)13(9-11)10-15(18)17-8-4-3-5-14(17)16(19)20/h6-7,9,14H,3-5,8,10H2,1-2H3,(H,19,20)/t14-/m1/s1. The molecule has 4 nitrogen and oxygen atoms in total. The predicted molar refractivity (Wildman–Crippen MR) is 76.6 cm³/mol. The molecule has 1 fully saturated rings. The fourth-order valence-corrected chi connectivity index (χ4v) is 2.74. The summed E-state index contributed by atoms with van der Waals surface area (Å²) in [7, 11) is 0. The van der Waals surface area contributed by atoms with Crippen LogP contribution in [0.15, 0.2) is 18.2 Å². The predicted octanol–water partition coefficient (Wildman–Crippen LogP) is 2.31. The van der Waals surface area contributed by atoms with Crippen molar-refractivity contribution in [2.45, 2.75) is 45.6 Å². The van der Waals surface area contributed by atoms with E-state index in [1.807, 2.05) is 32.0 Å². The summed E-state index contributed by atoms with van der Waals surface area (Å²) in [5, 5.41) is 9.23. The second kappa shape index (κ2) is 6.07. The molecule has 1 heterocycles. The molecule has 0 saturated carbocycles. The summed E-state index contributed by atoms with van der Waals surface area (Å²) in [5.41, 5.74) is 3.18. The van der Waals surface area contributed by atoms with Gasteiger partial charge in [0.1, 0.15) is 6.04 Å². The zero-order valence-electron chi connectivity index (χ0n) is 12.1. The Kier molecular flexibility index (Phi) is 4.42. The minimum Gasteiger partial charge on any atom is -0.480 e. The van der Waals surface area contributed by atoms with Crippen LogP contribution in [0.4, 0.5) is 0 Å². The lowest BCUT2D eigenvalue weighted by Gasteiger charge is -2.33. The first-order chi connectivity index (χ1) is 9.49. The molecule has 1 atom stereocenters. The van der Waals surface area contributed by atoms with Crippen LogP contribution in [0.2, 0.25) is 0 Å². The molecule has 0 bridgehead atoms. The number of amides is 1. The number of hydrogen-bond acceptors (Lipinski definition) is 2. The van der Waals surface area contributed by atoms with Crippen LogP contribution < -0.4 is 0 Å². The maximum absolute atomic E-state index is 12.4. The van der Waals surface area contributed by atoms with Gasteiger partial charge in [-0.3, -0.25) is 4.79 Å². The summed E-state index contributed by atoms with van der Waals surface area (Å²) < 4.78 is 0. The number of carboxylic acids is 1. The lowest BCUT2D eigenvalue weighted by atomic mass is 9.99. The van der Waals surface area contributed by atoms with Crippen LogP contribution in [-0.2, 0) is 16.0 Å². The molecule has 1 saturated heterocycles. The van der Waals surface area contributed by atoms with Crippen LogP contribution in [0.5, 0.6) is 0 Å². The molecule has 2 rings (SSSR count). The highest BCUT2D eigenvalue weighted by molar-refractivity contribution is 5.85. The van der Waals surface area contributed by atoms with Crippen molar-refractivity contribution in [2.75, 3.05) is 6.54 Å². The average molecular weight is 275 g/mol. The number of rotatable bonds is 3. The van der Waals surface area contributed by atoms with Crippen molar-refractivity contribution in [1.29, 1.82) is 0 Å². The van der Waals surface area contributed by atoms with Crippen LogP contribution in [0, 0.1) is 13.8 Å². The van der Waals surface area contributed by atoms with Gasteiger partial charge in [0.2, 0.25) is 5.91 Å². The first kappa shape index (κ1) is 14.6. The van der Waals surface area contributed by atoms with Gasteiger partial charge in [0.25, 0.3) is 0 Å². The molecule has 0 spiro atoms. The monoisotopic (exact) mass is 275 g/mol. The summed E-state index contributed by atoms with van der Waals surface area (Å²) in [6.45, 7) is 4.53. The molecule has 0 aromatic heterocycles. The second-order valence-corrected chi connectivity index (χ2v) is 5.54. The molecule has 1 aromatic rings. The summed E-state index contributed by atoms with van der Waals surface area (Å²) in [4.78, 5) is 25.2. The van der Waals surface area contributed by atoms with Crippen molar-refractivity contribution in [2.24, 2.45) is 0 Å². The van der Waals surface area contributed by atoms with Crippen molar-refractivity contribution in [3.05, 3.63) is 34.9 Å². The highest BCUT2D eigenvalue weighted by atomic mass is 16.4. The quantitative estimate of drug-likeness (QED) is 0.921. The van der Waals surface area contributed by atoms with E-state index in [-0.39, 0.29) is 12.3 Å². The van der Waals surface area contributed by atoms with E-state index >= 15 is 0 Å². The van der Waals surface area contributed by atoms with Gasteiger partial charge < -0.3 is 10.0 Å². The lowest BCUT2D eigenvalue weighted by molar-refractivity contribution is -0.151. The smallest absolute Gasteiger partial charge is 0.326 e. The number of carbonyl (C=O) groups is 2. The second-order valence-electron chi connectivity index (χ2n) is 5.54. The van der Waals surface area contributed by atoms with Gasteiger partial charge in [-0.1, -0.05) is 23.8 Å². The van der Waals surface area contributed by atoms with Crippen molar-refractivity contribution in [3.8, 4) is 0 Å². The lowest BCUT2D eigenvalue weighted by Crippen LogP contribution is -2.48. The number of aryl methyl sites for hydroxylation is 2. The number of benzene rings is 1. The van der Waals surface area contributed by atoms with E-state index in [0.717, 1.165) is 29.5 Å². The SMILES string of the molecule is Cc1ccc(C)c(CC(=O)N2CCCC[C@@H]2C(=O)O)c1. The number of carbonyl (C=O) groups excluding carboxylic acids is 1. The molecule has 20 heavy (non-hydrogen) atoms. The summed E-state index contributed by atoms with van der Waals surface area (Å²) in [5.74, 6) is -0.968. The average Bonchev–Trinajstić information content (AvgIpc) is 2.42. The highest BCUT2D eigenvalue weighted by Gasteiger charge is 2.31. The van der Waals surface area contributed by atoms with E-state index in [0.29, 0.717) is 13.0 Å². The summed E-state index contributed by atoms with van der Waals surface area (Å²) in [6.07, 6.45) is 2.62. The van der Waals surface area contributed by atoms with Crippen LogP contribution in [-0.4, -0.2) is 34.5 Å². The van der Waals surface area contributed by atoms with Crippen LogP contribution in [0.3, 0.4) is 0 Å². The van der Waals surface area contributed by atoms with Crippen LogP contribution in [0.25, 0.3) is 0 Å². The fraction of sp³-hybridized carbons (Fsp3) is 0.500. The first-order valence-electron chi connectivity index (χ1n) is 7.07. The number of aliphatic carboxylic acids is 1. The number of piperidine rings is 1. The maximum Gasteiger partial charge on any atom is 0.326 e. The summed E-state index contributed by atoms with van der Waals surface area (Å²) in [6, 6.07) is 5.38. The molecular weight excluding hydrogens is 254 g/mol. The molecule has 1 amide bonds. The maximum atomic E-state index is 12.4. The Balaban J connectivity index is 2.14. The minimum absolute atomic E-state index is 0.0780.